The average molecular weight is 472 g/mol. The Kier molecular flexibility index (Phi) is 5.50. The lowest BCUT2D eigenvalue weighted by molar-refractivity contribution is -0.119. The molecule has 0 aliphatic rings. The summed E-state index contributed by atoms with van der Waals surface area (Å²) in [6.07, 6.45) is 0. The summed E-state index contributed by atoms with van der Waals surface area (Å²) in [6, 6.07) is 10.1. The molecule has 30 heavy (non-hydrogen) atoms. The minimum atomic E-state index is -0.495. The van der Waals surface area contributed by atoms with Crippen LogP contribution >= 0.6 is 15.9 Å². The topological polar surface area (TPSA) is 148 Å². The average Bonchev–Trinajstić information content (AvgIpc) is 3.39. The molecule has 11 nitrogen and oxygen atoms in total. The van der Waals surface area contributed by atoms with Gasteiger partial charge in [-0.25, -0.2) is 5.10 Å². The van der Waals surface area contributed by atoms with Gasteiger partial charge in [0.2, 0.25) is 5.91 Å². The molecule has 2 aromatic carbocycles. The van der Waals surface area contributed by atoms with Crippen molar-refractivity contribution in [1.29, 1.82) is 0 Å². The second kappa shape index (κ2) is 8.39. The number of aromatic nitrogens is 5. The van der Waals surface area contributed by atoms with Gasteiger partial charge in [0.1, 0.15) is 6.61 Å². The van der Waals surface area contributed by atoms with Crippen LogP contribution in [-0.4, -0.2) is 51.3 Å². The molecule has 0 fully saturated rings. The first-order valence-electron chi connectivity index (χ1n) is 8.58. The van der Waals surface area contributed by atoms with Crippen molar-refractivity contribution in [1.82, 2.24) is 25.8 Å². The number of fused-ring (bicyclic) bond motifs is 1. The number of methoxy groups -OCH3 is 1. The van der Waals surface area contributed by atoms with Gasteiger partial charge >= 0.3 is 0 Å². The number of hydrogen-bond donors (Lipinski definition) is 3. The Labute approximate surface area is 177 Å². The van der Waals surface area contributed by atoms with Gasteiger partial charge in [-0.15, -0.1) is 5.10 Å². The van der Waals surface area contributed by atoms with Crippen molar-refractivity contribution in [3.63, 3.8) is 0 Å². The van der Waals surface area contributed by atoms with Gasteiger partial charge in [-0.3, -0.25) is 9.59 Å². The third-order valence-electron chi connectivity index (χ3n) is 4.07. The molecule has 152 valence electrons. The van der Waals surface area contributed by atoms with Crippen LogP contribution in [-0.2, 0) is 9.53 Å². The van der Waals surface area contributed by atoms with Gasteiger partial charge in [-0.05, 0) is 46.8 Å². The molecule has 0 aliphatic heterocycles. The van der Waals surface area contributed by atoms with E-state index in [1.165, 1.54) is 7.11 Å². The number of hydrogen-bond acceptors (Lipinski definition) is 8. The molecule has 2 aromatic heterocycles. The Balaban J connectivity index is 1.64. The highest BCUT2D eigenvalue weighted by atomic mass is 79.9. The van der Waals surface area contributed by atoms with Crippen molar-refractivity contribution >= 4 is 50.1 Å². The number of anilines is 2. The van der Waals surface area contributed by atoms with Crippen molar-refractivity contribution in [2.24, 2.45) is 0 Å². The normalized spacial score (nSPS) is 10.9. The number of amides is 2. The van der Waals surface area contributed by atoms with E-state index in [1.54, 1.807) is 36.4 Å². The van der Waals surface area contributed by atoms with E-state index in [0.717, 1.165) is 4.47 Å². The smallest absolute Gasteiger partial charge is 0.278 e. The number of rotatable bonds is 6. The predicted molar refractivity (Wildman–Crippen MR) is 110 cm³/mol. The summed E-state index contributed by atoms with van der Waals surface area (Å²) in [5.41, 5.74) is 2.02. The Hall–Kier alpha value is -3.64. The van der Waals surface area contributed by atoms with E-state index in [9.17, 15) is 9.59 Å². The minimum absolute atomic E-state index is 0.0670. The van der Waals surface area contributed by atoms with Crippen molar-refractivity contribution < 1.29 is 18.8 Å². The van der Waals surface area contributed by atoms with Crippen molar-refractivity contribution in [2.45, 2.75) is 0 Å². The molecule has 4 rings (SSSR count). The number of tetrazole rings is 1. The van der Waals surface area contributed by atoms with Crippen LogP contribution in [0.15, 0.2) is 45.4 Å². The number of carbonyl (C=O) groups excluding carboxylic acids is 2. The lowest BCUT2D eigenvalue weighted by Gasteiger charge is -2.09. The van der Waals surface area contributed by atoms with E-state index < -0.39 is 5.91 Å². The predicted octanol–water partition coefficient (Wildman–Crippen LogP) is 2.61. The maximum atomic E-state index is 12.9. The molecule has 4 aromatic rings. The molecular weight excluding hydrogens is 458 g/mol. The first kappa shape index (κ1) is 19.7. The van der Waals surface area contributed by atoms with Gasteiger partial charge in [0.15, 0.2) is 17.1 Å². The summed E-state index contributed by atoms with van der Waals surface area (Å²) in [6.45, 7) is -0.0855. The Morgan fingerprint density at radius 3 is 2.83 bits per heavy atom. The van der Waals surface area contributed by atoms with Crippen LogP contribution in [0.3, 0.4) is 0 Å². The molecule has 0 unspecified atom stereocenters. The van der Waals surface area contributed by atoms with E-state index in [2.05, 4.69) is 52.3 Å². The first-order chi connectivity index (χ1) is 14.5. The van der Waals surface area contributed by atoms with Crippen molar-refractivity contribution in [2.75, 3.05) is 24.4 Å². The number of nitrogens with one attached hydrogen (secondary N) is 3. The zero-order valence-corrected chi connectivity index (χ0v) is 17.1. The Morgan fingerprint density at radius 2 is 2.07 bits per heavy atom. The maximum Gasteiger partial charge on any atom is 0.278 e. The molecule has 0 saturated heterocycles. The van der Waals surface area contributed by atoms with Gasteiger partial charge < -0.3 is 19.9 Å². The number of aromatic amines is 1. The molecule has 0 radical (unpaired) electrons. The quantitative estimate of drug-likeness (QED) is 0.388. The second-order valence-electron chi connectivity index (χ2n) is 6.12. The summed E-state index contributed by atoms with van der Waals surface area (Å²) >= 11 is 3.39. The molecule has 3 N–H and O–H groups in total. The number of nitrogens with zero attached hydrogens (tertiary/aromatic N) is 4. The molecule has 2 amide bonds. The molecule has 12 heteroatoms. The molecule has 0 atom stereocenters. The highest BCUT2D eigenvalue weighted by Crippen LogP contribution is 2.29. The number of carbonyl (C=O) groups is 2. The molecule has 0 saturated carbocycles. The summed E-state index contributed by atoms with van der Waals surface area (Å²) in [5, 5.41) is 23.5. The fraction of sp³-hybridized carbons (Fsp3) is 0.111. The summed E-state index contributed by atoms with van der Waals surface area (Å²) in [7, 11) is 1.43. The van der Waals surface area contributed by atoms with E-state index in [-0.39, 0.29) is 18.2 Å². The van der Waals surface area contributed by atoms with Crippen LogP contribution in [0, 0.1) is 0 Å². The Bertz CT molecular complexity index is 1220. The molecule has 0 bridgehead atoms. The van der Waals surface area contributed by atoms with Crippen LogP contribution in [0.5, 0.6) is 0 Å². The van der Waals surface area contributed by atoms with Gasteiger partial charge in [0.25, 0.3) is 5.91 Å². The van der Waals surface area contributed by atoms with Crippen molar-refractivity contribution in [3.05, 3.63) is 46.6 Å². The number of H-pyrrole nitrogens is 1. The molecular formula is C18H14BrN7O4. The Morgan fingerprint density at radius 1 is 1.20 bits per heavy atom. The monoisotopic (exact) mass is 471 g/mol. The van der Waals surface area contributed by atoms with Crippen LogP contribution < -0.4 is 10.6 Å². The summed E-state index contributed by atoms with van der Waals surface area (Å²) < 4.78 is 10.8. The molecule has 0 spiro atoms. The largest absolute Gasteiger partial charge is 0.375 e. The third-order valence-corrected chi connectivity index (χ3v) is 4.57. The van der Waals surface area contributed by atoms with Crippen molar-refractivity contribution in [3.8, 4) is 11.4 Å². The lowest BCUT2D eigenvalue weighted by atomic mass is 10.1. The summed E-state index contributed by atoms with van der Waals surface area (Å²) in [5.74, 6) is -0.426. The van der Waals surface area contributed by atoms with Gasteiger partial charge in [-0.1, -0.05) is 21.1 Å². The SMILES string of the molecule is COCC(=O)Nc1ccc2onc(C(=O)Nc3ccc(Br)cc3-c3nnn[nH]3)c2c1. The first-order valence-corrected chi connectivity index (χ1v) is 9.37. The van der Waals surface area contributed by atoms with E-state index in [0.29, 0.717) is 33.7 Å². The lowest BCUT2D eigenvalue weighted by Crippen LogP contribution is -2.17. The fourth-order valence-electron chi connectivity index (χ4n) is 2.78. The van der Waals surface area contributed by atoms with Gasteiger partial charge in [0, 0.05) is 22.8 Å². The van der Waals surface area contributed by atoms with E-state index in [4.69, 9.17) is 9.26 Å². The number of ether oxygens (including phenoxy) is 1. The second-order valence-corrected chi connectivity index (χ2v) is 7.03. The van der Waals surface area contributed by atoms with E-state index in [1.807, 2.05) is 0 Å². The van der Waals surface area contributed by atoms with Gasteiger partial charge in [0.05, 0.1) is 11.1 Å². The maximum absolute atomic E-state index is 12.9. The molecule has 0 aliphatic carbocycles. The summed E-state index contributed by atoms with van der Waals surface area (Å²) in [4.78, 5) is 24.7. The van der Waals surface area contributed by atoms with Gasteiger partial charge in [-0.2, -0.15) is 0 Å². The third kappa shape index (κ3) is 4.04. The van der Waals surface area contributed by atoms with Crippen LogP contribution in [0.25, 0.3) is 22.4 Å². The minimum Gasteiger partial charge on any atom is -0.375 e. The number of halogens is 1. The highest BCUT2D eigenvalue weighted by molar-refractivity contribution is 9.10. The standard InChI is InChI=1S/C18H14BrN7O4/c1-29-8-15(27)20-10-3-5-14-12(7-10)16(24-30-14)18(28)21-13-4-2-9(19)6-11(13)17-22-25-26-23-17/h2-7H,8H2,1H3,(H,20,27)(H,21,28)(H,22,23,25,26). The number of benzene rings is 2. The highest BCUT2D eigenvalue weighted by Gasteiger charge is 2.19. The van der Waals surface area contributed by atoms with Crippen LogP contribution in [0.4, 0.5) is 11.4 Å². The van der Waals surface area contributed by atoms with Crippen LogP contribution in [0.2, 0.25) is 0 Å². The fourth-order valence-corrected chi connectivity index (χ4v) is 3.15. The zero-order chi connectivity index (χ0) is 21.1. The molecule has 2 heterocycles. The zero-order valence-electron chi connectivity index (χ0n) is 15.5. The van der Waals surface area contributed by atoms with E-state index >= 15 is 0 Å². The van der Waals surface area contributed by atoms with Crippen LogP contribution in [0.1, 0.15) is 10.5 Å².